The van der Waals surface area contributed by atoms with Gasteiger partial charge < -0.3 is 5.32 Å². The molecule has 1 N–H and O–H groups in total. The minimum absolute atomic E-state index is 0.150. The standard InChI is InChI=1S/C9H14ClN3/c1-7-8(12-5-4-11-7)13-9(2,3)6-10/h4-5H,6H2,1-3H3,(H,12,13). The highest BCUT2D eigenvalue weighted by Crippen LogP contribution is 2.15. The second kappa shape index (κ2) is 3.92. The van der Waals surface area contributed by atoms with Gasteiger partial charge in [-0.2, -0.15) is 0 Å². The van der Waals surface area contributed by atoms with Gasteiger partial charge >= 0.3 is 0 Å². The van der Waals surface area contributed by atoms with E-state index in [9.17, 15) is 0 Å². The molecule has 0 saturated carbocycles. The van der Waals surface area contributed by atoms with Crippen LogP contribution in [0.3, 0.4) is 0 Å². The number of nitrogens with zero attached hydrogens (tertiary/aromatic N) is 2. The molecule has 72 valence electrons. The van der Waals surface area contributed by atoms with Gasteiger partial charge in [-0.3, -0.25) is 4.98 Å². The summed E-state index contributed by atoms with van der Waals surface area (Å²) in [5.74, 6) is 1.33. The van der Waals surface area contributed by atoms with E-state index in [0.717, 1.165) is 11.5 Å². The van der Waals surface area contributed by atoms with Crippen molar-refractivity contribution in [3.8, 4) is 0 Å². The van der Waals surface area contributed by atoms with E-state index in [-0.39, 0.29) is 5.54 Å². The van der Waals surface area contributed by atoms with Crippen molar-refractivity contribution < 1.29 is 0 Å². The highest BCUT2D eigenvalue weighted by Gasteiger charge is 2.17. The number of rotatable bonds is 3. The number of aromatic nitrogens is 2. The van der Waals surface area contributed by atoms with Crippen LogP contribution >= 0.6 is 11.6 Å². The van der Waals surface area contributed by atoms with Crippen LogP contribution in [-0.4, -0.2) is 21.4 Å². The summed E-state index contributed by atoms with van der Waals surface area (Å²) in [7, 11) is 0. The summed E-state index contributed by atoms with van der Waals surface area (Å²) in [6.45, 7) is 5.96. The maximum atomic E-state index is 5.78. The molecule has 0 amide bonds. The van der Waals surface area contributed by atoms with E-state index < -0.39 is 0 Å². The maximum absolute atomic E-state index is 5.78. The Morgan fingerprint density at radius 1 is 1.38 bits per heavy atom. The number of hydrogen-bond acceptors (Lipinski definition) is 3. The summed E-state index contributed by atoms with van der Waals surface area (Å²) in [4.78, 5) is 8.31. The van der Waals surface area contributed by atoms with Crippen LogP contribution in [0, 0.1) is 6.92 Å². The molecule has 3 nitrogen and oxygen atoms in total. The summed E-state index contributed by atoms with van der Waals surface area (Å²) in [5.41, 5.74) is 0.739. The van der Waals surface area contributed by atoms with Gasteiger partial charge in [0.1, 0.15) is 5.82 Å². The van der Waals surface area contributed by atoms with Crippen LogP contribution in [0.5, 0.6) is 0 Å². The number of alkyl halides is 1. The normalized spacial score (nSPS) is 11.4. The highest BCUT2D eigenvalue weighted by atomic mass is 35.5. The first-order chi connectivity index (χ1) is 6.05. The minimum Gasteiger partial charge on any atom is -0.362 e. The number of anilines is 1. The molecular formula is C9H14ClN3. The molecule has 4 heteroatoms. The summed E-state index contributed by atoms with van der Waals surface area (Å²) in [6.07, 6.45) is 3.34. The molecule has 1 aromatic rings. The minimum atomic E-state index is -0.150. The molecule has 0 aliphatic rings. The smallest absolute Gasteiger partial charge is 0.147 e. The molecule has 0 unspecified atom stereocenters. The third kappa shape index (κ3) is 2.84. The first kappa shape index (κ1) is 10.3. The van der Waals surface area contributed by atoms with E-state index in [1.165, 1.54) is 0 Å². The lowest BCUT2D eigenvalue weighted by atomic mass is 10.1. The number of halogens is 1. The molecule has 0 fully saturated rings. The average Bonchev–Trinajstić information content (AvgIpc) is 2.09. The zero-order valence-electron chi connectivity index (χ0n) is 8.13. The van der Waals surface area contributed by atoms with E-state index in [1.54, 1.807) is 12.4 Å². The van der Waals surface area contributed by atoms with Crippen molar-refractivity contribution in [1.82, 2.24) is 9.97 Å². The Morgan fingerprint density at radius 2 is 2.00 bits per heavy atom. The third-order valence-electron chi connectivity index (χ3n) is 1.67. The van der Waals surface area contributed by atoms with Gasteiger partial charge in [0.05, 0.1) is 5.69 Å². The summed E-state index contributed by atoms with van der Waals surface area (Å²) >= 11 is 5.78. The SMILES string of the molecule is Cc1nccnc1NC(C)(C)CCl. The zero-order valence-corrected chi connectivity index (χ0v) is 8.89. The van der Waals surface area contributed by atoms with Crippen molar-refractivity contribution in [2.45, 2.75) is 26.3 Å². The fraction of sp³-hybridized carbons (Fsp3) is 0.556. The number of aryl methyl sites for hydroxylation is 1. The molecule has 1 aromatic heterocycles. The molecule has 0 aromatic carbocycles. The lowest BCUT2D eigenvalue weighted by Gasteiger charge is -2.24. The van der Waals surface area contributed by atoms with Gasteiger partial charge in [-0.15, -0.1) is 11.6 Å². The van der Waals surface area contributed by atoms with E-state index in [0.29, 0.717) is 5.88 Å². The van der Waals surface area contributed by atoms with Crippen molar-refractivity contribution in [1.29, 1.82) is 0 Å². The Balaban J connectivity index is 2.80. The van der Waals surface area contributed by atoms with Gasteiger partial charge in [-0.05, 0) is 20.8 Å². The van der Waals surface area contributed by atoms with Crippen LogP contribution in [0.15, 0.2) is 12.4 Å². The number of hydrogen-bond donors (Lipinski definition) is 1. The van der Waals surface area contributed by atoms with Gasteiger partial charge in [0.15, 0.2) is 0 Å². The molecule has 1 rings (SSSR count). The van der Waals surface area contributed by atoms with Crippen LogP contribution in [0.25, 0.3) is 0 Å². The summed E-state index contributed by atoms with van der Waals surface area (Å²) in [5, 5.41) is 3.23. The van der Waals surface area contributed by atoms with Gasteiger partial charge in [0.25, 0.3) is 0 Å². The van der Waals surface area contributed by atoms with Gasteiger partial charge in [0, 0.05) is 23.8 Å². The monoisotopic (exact) mass is 199 g/mol. The first-order valence-electron chi connectivity index (χ1n) is 4.17. The van der Waals surface area contributed by atoms with Crippen LogP contribution in [0.2, 0.25) is 0 Å². The Labute approximate surface area is 83.5 Å². The van der Waals surface area contributed by atoms with Crippen molar-refractivity contribution >= 4 is 17.4 Å². The highest BCUT2D eigenvalue weighted by molar-refractivity contribution is 6.18. The molecule has 0 bridgehead atoms. The summed E-state index contributed by atoms with van der Waals surface area (Å²) < 4.78 is 0. The molecule has 0 spiro atoms. The van der Waals surface area contributed by atoms with Crippen LogP contribution in [-0.2, 0) is 0 Å². The zero-order chi connectivity index (χ0) is 9.90. The van der Waals surface area contributed by atoms with Gasteiger partial charge in [0.2, 0.25) is 0 Å². The van der Waals surface area contributed by atoms with E-state index in [4.69, 9.17) is 11.6 Å². The Bertz CT molecular complexity index is 286. The second-order valence-corrected chi connectivity index (χ2v) is 3.90. The van der Waals surface area contributed by atoms with Crippen molar-refractivity contribution in [3.63, 3.8) is 0 Å². The fourth-order valence-electron chi connectivity index (χ4n) is 0.884. The maximum Gasteiger partial charge on any atom is 0.147 e. The van der Waals surface area contributed by atoms with Gasteiger partial charge in [-0.1, -0.05) is 0 Å². The Morgan fingerprint density at radius 3 is 2.54 bits per heavy atom. The summed E-state index contributed by atoms with van der Waals surface area (Å²) in [6, 6.07) is 0. The van der Waals surface area contributed by atoms with E-state index in [1.807, 2.05) is 20.8 Å². The Kier molecular flexibility index (Phi) is 3.09. The van der Waals surface area contributed by atoms with E-state index in [2.05, 4.69) is 15.3 Å². The number of nitrogens with one attached hydrogen (secondary N) is 1. The molecule has 1 heterocycles. The lowest BCUT2D eigenvalue weighted by molar-refractivity contribution is 0.636. The van der Waals surface area contributed by atoms with Crippen molar-refractivity contribution in [2.75, 3.05) is 11.2 Å². The molecule has 0 atom stereocenters. The fourth-order valence-corrected chi connectivity index (χ4v) is 0.951. The molecule has 0 radical (unpaired) electrons. The third-order valence-corrected chi connectivity index (χ3v) is 2.34. The molecule has 0 aliphatic carbocycles. The quantitative estimate of drug-likeness (QED) is 0.759. The Hall–Kier alpha value is -0.830. The second-order valence-electron chi connectivity index (χ2n) is 3.63. The van der Waals surface area contributed by atoms with Crippen LogP contribution < -0.4 is 5.32 Å². The van der Waals surface area contributed by atoms with Crippen molar-refractivity contribution in [2.24, 2.45) is 0 Å². The molecule has 0 saturated heterocycles. The predicted octanol–water partition coefficient (Wildman–Crippen LogP) is 2.21. The van der Waals surface area contributed by atoms with Crippen LogP contribution in [0.1, 0.15) is 19.5 Å². The van der Waals surface area contributed by atoms with Crippen molar-refractivity contribution in [3.05, 3.63) is 18.1 Å². The first-order valence-corrected chi connectivity index (χ1v) is 4.70. The topological polar surface area (TPSA) is 37.8 Å². The predicted molar refractivity (Wildman–Crippen MR) is 55.2 cm³/mol. The van der Waals surface area contributed by atoms with Gasteiger partial charge in [-0.25, -0.2) is 4.98 Å². The molecule has 13 heavy (non-hydrogen) atoms. The molecular weight excluding hydrogens is 186 g/mol. The van der Waals surface area contributed by atoms with E-state index >= 15 is 0 Å². The lowest BCUT2D eigenvalue weighted by Crippen LogP contribution is -2.33. The van der Waals surface area contributed by atoms with Crippen LogP contribution in [0.4, 0.5) is 5.82 Å². The molecule has 0 aliphatic heterocycles. The average molecular weight is 200 g/mol. The largest absolute Gasteiger partial charge is 0.362 e.